The van der Waals surface area contributed by atoms with Gasteiger partial charge in [0.15, 0.2) is 0 Å². The molecular weight excluding hydrogens is 276 g/mol. The molecule has 4 N–H and O–H groups in total. The maximum absolute atomic E-state index is 12.2. The molecule has 0 atom stereocenters. The number of nitrogens with two attached hydrogens (primary N) is 1. The van der Waals surface area contributed by atoms with Gasteiger partial charge in [-0.2, -0.15) is 0 Å². The van der Waals surface area contributed by atoms with Crippen molar-refractivity contribution in [2.24, 2.45) is 5.84 Å². The van der Waals surface area contributed by atoms with Crippen LogP contribution in [0.15, 0.2) is 18.2 Å². The second-order valence-electron chi connectivity index (χ2n) is 5.05. The molecule has 114 valence electrons. The summed E-state index contributed by atoms with van der Waals surface area (Å²) in [4.78, 5) is 22.5. The smallest absolute Gasteiger partial charge is 0.270 e. The number of methoxy groups -OCH3 is 1. The van der Waals surface area contributed by atoms with E-state index in [-0.39, 0.29) is 16.9 Å². The number of amides is 1. The Morgan fingerprint density at radius 2 is 2.24 bits per heavy atom. The topological polar surface area (TPSA) is 120 Å². The summed E-state index contributed by atoms with van der Waals surface area (Å²) < 4.78 is 5.42. The summed E-state index contributed by atoms with van der Waals surface area (Å²) >= 11 is 0. The summed E-state index contributed by atoms with van der Waals surface area (Å²) in [5.41, 5.74) is 2.36. The lowest BCUT2D eigenvalue weighted by Crippen LogP contribution is -2.49. The highest BCUT2D eigenvalue weighted by Crippen LogP contribution is 2.34. The third kappa shape index (κ3) is 3.11. The fourth-order valence-electron chi connectivity index (χ4n) is 2.32. The minimum atomic E-state index is -0.556. The van der Waals surface area contributed by atoms with Crippen molar-refractivity contribution in [2.45, 2.75) is 24.9 Å². The number of carbonyl (C=O) groups is 1. The third-order valence-electron chi connectivity index (χ3n) is 3.88. The molecule has 0 saturated heterocycles. The Balaban J connectivity index is 2.13. The van der Waals surface area contributed by atoms with Crippen molar-refractivity contribution in [3.05, 3.63) is 33.9 Å². The number of rotatable bonds is 6. The van der Waals surface area contributed by atoms with Crippen LogP contribution in [0.4, 0.5) is 11.4 Å². The fourth-order valence-corrected chi connectivity index (χ4v) is 2.32. The van der Waals surface area contributed by atoms with Gasteiger partial charge >= 0.3 is 0 Å². The lowest BCUT2D eigenvalue weighted by molar-refractivity contribution is -0.384. The molecule has 8 heteroatoms. The first-order valence-corrected chi connectivity index (χ1v) is 6.60. The quantitative estimate of drug-likeness (QED) is 0.411. The van der Waals surface area contributed by atoms with E-state index in [0.717, 1.165) is 19.3 Å². The molecule has 2 rings (SSSR count). The van der Waals surface area contributed by atoms with Gasteiger partial charge in [-0.3, -0.25) is 20.8 Å². The Morgan fingerprint density at radius 3 is 2.71 bits per heavy atom. The van der Waals surface area contributed by atoms with Crippen molar-refractivity contribution in [2.75, 3.05) is 19.1 Å². The number of ether oxygens (including phenoxy) is 1. The van der Waals surface area contributed by atoms with Gasteiger partial charge in [0.05, 0.1) is 21.8 Å². The summed E-state index contributed by atoms with van der Waals surface area (Å²) in [7, 11) is 1.62. The Hall–Kier alpha value is -2.19. The van der Waals surface area contributed by atoms with Crippen molar-refractivity contribution in [1.82, 2.24) is 5.32 Å². The van der Waals surface area contributed by atoms with Crippen LogP contribution in [0.25, 0.3) is 0 Å². The fraction of sp³-hybridized carbons (Fsp3) is 0.462. The zero-order chi connectivity index (χ0) is 15.5. The molecule has 0 bridgehead atoms. The molecule has 1 aliphatic rings. The zero-order valence-electron chi connectivity index (χ0n) is 11.7. The minimum Gasteiger partial charge on any atom is -0.376 e. The number of hydrogen-bond donors (Lipinski definition) is 3. The van der Waals surface area contributed by atoms with E-state index in [1.54, 1.807) is 7.11 Å². The summed E-state index contributed by atoms with van der Waals surface area (Å²) in [6.45, 7) is 0.370. The van der Waals surface area contributed by atoms with Crippen LogP contribution in [0.5, 0.6) is 0 Å². The molecule has 0 radical (unpaired) electrons. The molecule has 0 heterocycles. The molecule has 1 amide bonds. The van der Waals surface area contributed by atoms with Crippen LogP contribution in [0.2, 0.25) is 0 Å². The summed E-state index contributed by atoms with van der Waals surface area (Å²) in [6.07, 6.45) is 2.84. The number of hydrazine groups is 1. The predicted octanol–water partition coefficient (Wildman–Crippen LogP) is 1.18. The highest BCUT2D eigenvalue weighted by molar-refractivity contribution is 6.00. The molecule has 1 aromatic carbocycles. The van der Waals surface area contributed by atoms with Gasteiger partial charge in [-0.25, -0.2) is 0 Å². The number of carbonyl (C=O) groups excluding carboxylic acids is 1. The van der Waals surface area contributed by atoms with Crippen molar-refractivity contribution in [3.63, 3.8) is 0 Å². The van der Waals surface area contributed by atoms with Gasteiger partial charge in [-0.15, -0.1) is 0 Å². The SMILES string of the molecule is COC1(CNC(=O)c2cc([N+](=O)[O-])ccc2NN)CCC1. The maximum Gasteiger partial charge on any atom is 0.270 e. The standard InChI is InChI=1S/C13H18N4O4/c1-21-13(5-2-6-13)8-15-12(18)10-7-9(17(19)20)3-4-11(10)16-14/h3-4,7,16H,2,5-6,8,14H2,1H3,(H,15,18). The van der Waals surface area contributed by atoms with Crippen LogP contribution in [0.3, 0.4) is 0 Å². The molecular formula is C13H18N4O4. The van der Waals surface area contributed by atoms with E-state index < -0.39 is 10.8 Å². The number of nitro benzene ring substituents is 1. The molecule has 21 heavy (non-hydrogen) atoms. The number of non-ortho nitro benzene ring substituents is 1. The van der Waals surface area contributed by atoms with E-state index in [4.69, 9.17) is 10.6 Å². The third-order valence-corrected chi connectivity index (χ3v) is 3.88. The number of nitrogen functional groups attached to an aromatic ring is 1. The van der Waals surface area contributed by atoms with Crippen molar-refractivity contribution >= 4 is 17.3 Å². The van der Waals surface area contributed by atoms with Gasteiger partial charge in [0, 0.05) is 25.8 Å². The molecule has 1 aromatic rings. The van der Waals surface area contributed by atoms with Crippen LogP contribution in [0, 0.1) is 10.1 Å². The van der Waals surface area contributed by atoms with Crippen LogP contribution >= 0.6 is 0 Å². The summed E-state index contributed by atoms with van der Waals surface area (Å²) in [5.74, 6) is 4.91. The molecule has 1 saturated carbocycles. The first kappa shape index (κ1) is 15.2. The first-order chi connectivity index (χ1) is 10.0. The Bertz CT molecular complexity index is 552. The highest BCUT2D eigenvalue weighted by atomic mass is 16.6. The van der Waals surface area contributed by atoms with Gasteiger partial charge in [-0.05, 0) is 25.3 Å². The van der Waals surface area contributed by atoms with Crippen LogP contribution < -0.4 is 16.6 Å². The number of nitro groups is 1. The largest absolute Gasteiger partial charge is 0.376 e. The second-order valence-corrected chi connectivity index (χ2v) is 5.05. The average Bonchev–Trinajstić information content (AvgIpc) is 2.45. The molecule has 0 unspecified atom stereocenters. The van der Waals surface area contributed by atoms with Gasteiger partial charge in [-0.1, -0.05) is 0 Å². The van der Waals surface area contributed by atoms with Crippen molar-refractivity contribution in [1.29, 1.82) is 0 Å². The van der Waals surface area contributed by atoms with E-state index in [1.807, 2.05) is 0 Å². The number of anilines is 1. The molecule has 1 aliphatic carbocycles. The van der Waals surface area contributed by atoms with Crippen LogP contribution in [-0.2, 0) is 4.74 Å². The predicted molar refractivity (Wildman–Crippen MR) is 76.8 cm³/mol. The lowest BCUT2D eigenvalue weighted by Gasteiger charge is -2.40. The number of nitrogens with one attached hydrogen (secondary N) is 2. The Morgan fingerprint density at radius 1 is 1.52 bits per heavy atom. The van der Waals surface area contributed by atoms with Crippen LogP contribution in [-0.4, -0.2) is 30.1 Å². The second kappa shape index (κ2) is 6.06. The van der Waals surface area contributed by atoms with Gasteiger partial charge in [0.2, 0.25) is 0 Å². The Kier molecular flexibility index (Phi) is 4.39. The molecule has 0 aliphatic heterocycles. The first-order valence-electron chi connectivity index (χ1n) is 6.60. The van der Waals surface area contributed by atoms with Crippen molar-refractivity contribution in [3.8, 4) is 0 Å². The number of benzene rings is 1. The molecule has 8 nitrogen and oxygen atoms in total. The number of hydrogen-bond acceptors (Lipinski definition) is 6. The Labute approximate surface area is 121 Å². The normalized spacial score (nSPS) is 15.9. The van der Waals surface area contributed by atoms with E-state index >= 15 is 0 Å². The molecule has 0 aromatic heterocycles. The van der Waals surface area contributed by atoms with Gasteiger partial charge in [0.25, 0.3) is 11.6 Å². The average molecular weight is 294 g/mol. The van der Waals surface area contributed by atoms with Gasteiger partial charge in [0.1, 0.15) is 0 Å². The summed E-state index contributed by atoms with van der Waals surface area (Å²) in [5, 5.41) is 13.5. The van der Waals surface area contributed by atoms with E-state index in [0.29, 0.717) is 12.2 Å². The lowest BCUT2D eigenvalue weighted by atomic mass is 9.80. The van der Waals surface area contributed by atoms with E-state index in [9.17, 15) is 14.9 Å². The highest BCUT2D eigenvalue weighted by Gasteiger charge is 2.37. The number of nitrogens with zero attached hydrogens (tertiary/aromatic N) is 1. The van der Waals surface area contributed by atoms with Gasteiger partial charge < -0.3 is 15.5 Å². The molecule has 1 fully saturated rings. The minimum absolute atomic E-state index is 0.136. The summed E-state index contributed by atoms with van der Waals surface area (Å²) in [6, 6.07) is 3.89. The maximum atomic E-state index is 12.2. The van der Waals surface area contributed by atoms with E-state index in [2.05, 4.69) is 10.7 Å². The van der Waals surface area contributed by atoms with E-state index in [1.165, 1.54) is 18.2 Å². The molecule has 0 spiro atoms. The monoisotopic (exact) mass is 294 g/mol. The van der Waals surface area contributed by atoms with Crippen LogP contribution in [0.1, 0.15) is 29.6 Å². The zero-order valence-corrected chi connectivity index (χ0v) is 11.7. The van der Waals surface area contributed by atoms with Crippen molar-refractivity contribution < 1.29 is 14.5 Å².